The van der Waals surface area contributed by atoms with Crippen LogP contribution in [-0.2, 0) is 11.3 Å². The summed E-state index contributed by atoms with van der Waals surface area (Å²) in [5.41, 5.74) is 2.32. The Morgan fingerprint density at radius 2 is 1.84 bits per heavy atom. The summed E-state index contributed by atoms with van der Waals surface area (Å²) in [4.78, 5) is 0. The van der Waals surface area contributed by atoms with E-state index in [-0.39, 0.29) is 0 Å². The minimum Gasteiger partial charge on any atom is -0.467 e. The predicted octanol–water partition coefficient (Wildman–Crippen LogP) is 4.71. The first-order valence-corrected chi connectivity index (χ1v) is 9.14. The lowest BCUT2D eigenvalue weighted by atomic mass is 10.1. The van der Waals surface area contributed by atoms with Crippen molar-refractivity contribution in [2.24, 2.45) is 0 Å². The van der Waals surface area contributed by atoms with E-state index in [2.05, 4.69) is 41.9 Å². The van der Waals surface area contributed by atoms with Crippen LogP contribution in [0, 0.1) is 0 Å². The van der Waals surface area contributed by atoms with Crippen molar-refractivity contribution in [3.05, 3.63) is 58.5 Å². The summed E-state index contributed by atoms with van der Waals surface area (Å²) in [7, 11) is 0. The van der Waals surface area contributed by atoms with Crippen molar-refractivity contribution in [2.45, 2.75) is 27.3 Å². The number of nitrogens with zero attached hydrogens (tertiary/aromatic N) is 1. The minimum absolute atomic E-state index is 0.308. The molecule has 0 fully saturated rings. The van der Waals surface area contributed by atoms with E-state index in [9.17, 15) is 0 Å². The standard InChI is InChI=1S/C20H20NO3S/c1-4-21-16-10-17-18(23-12-22-17)11-19(16)25-20(21)7-5-6-15-8-13(2)24-14(3)9-15/h5-11H,4,12H2,1-3H3/q+1/b7-5+. The van der Waals surface area contributed by atoms with E-state index in [1.54, 1.807) is 11.3 Å². The third kappa shape index (κ3) is 3.07. The van der Waals surface area contributed by atoms with Crippen molar-refractivity contribution < 1.29 is 18.8 Å². The molecule has 2 aromatic rings. The van der Waals surface area contributed by atoms with Gasteiger partial charge in [-0.25, -0.2) is 0 Å². The van der Waals surface area contributed by atoms with E-state index < -0.39 is 0 Å². The SMILES string of the molecule is CC[n+]1c(/C=C/C=C2C=C(C)OC(C)=C2)sc2cc3c(cc21)OCO3. The normalized spacial score (nSPS) is 16.2. The molecule has 2 aliphatic rings. The van der Waals surface area contributed by atoms with Crippen LogP contribution in [0.25, 0.3) is 16.3 Å². The molecule has 2 aliphatic heterocycles. The average Bonchev–Trinajstić information content (AvgIpc) is 3.14. The third-order valence-corrected chi connectivity index (χ3v) is 5.24. The van der Waals surface area contributed by atoms with Crippen LogP contribution in [0.1, 0.15) is 25.8 Å². The van der Waals surface area contributed by atoms with Gasteiger partial charge in [-0.1, -0.05) is 23.5 Å². The summed E-state index contributed by atoms with van der Waals surface area (Å²) in [6.07, 6.45) is 10.4. The molecule has 0 radical (unpaired) electrons. The first kappa shape index (κ1) is 16.0. The molecule has 25 heavy (non-hydrogen) atoms. The largest absolute Gasteiger partial charge is 0.467 e. The molecular formula is C20H20NO3S+. The molecule has 0 amide bonds. The van der Waals surface area contributed by atoms with Crippen molar-refractivity contribution in [1.29, 1.82) is 0 Å². The molecule has 128 valence electrons. The highest BCUT2D eigenvalue weighted by atomic mass is 32.1. The summed E-state index contributed by atoms with van der Waals surface area (Å²) < 4.78 is 20.0. The highest BCUT2D eigenvalue weighted by Gasteiger charge is 2.23. The number of thiazole rings is 1. The molecule has 4 nitrogen and oxygen atoms in total. The third-order valence-electron chi connectivity index (χ3n) is 4.13. The Morgan fingerprint density at radius 3 is 2.56 bits per heavy atom. The molecule has 4 rings (SSSR count). The number of rotatable bonds is 3. The molecule has 0 saturated carbocycles. The zero-order valence-corrected chi connectivity index (χ0v) is 15.4. The molecule has 1 aromatic carbocycles. The maximum absolute atomic E-state index is 5.53. The van der Waals surface area contributed by atoms with E-state index in [1.807, 2.05) is 26.0 Å². The van der Waals surface area contributed by atoms with Gasteiger partial charge in [0.05, 0.1) is 6.07 Å². The quantitative estimate of drug-likeness (QED) is 0.748. The van der Waals surface area contributed by atoms with Gasteiger partial charge < -0.3 is 14.2 Å². The summed E-state index contributed by atoms with van der Waals surface area (Å²) in [5.74, 6) is 3.49. The number of ether oxygens (including phenoxy) is 3. The Labute approximate surface area is 150 Å². The monoisotopic (exact) mass is 354 g/mol. The number of hydrogen-bond acceptors (Lipinski definition) is 4. The summed E-state index contributed by atoms with van der Waals surface area (Å²) in [5, 5.41) is 1.20. The number of aryl methyl sites for hydroxylation is 1. The molecule has 0 aliphatic carbocycles. The van der Waals surface area contributed by atoms with Crippen molar-refractivity contribution in [2.75, 3.05) is 6.79 Å². The fourth-order valence-electron chi connectivity index (χ4n) is 3.10. The van der Waals surface area contributed by atoms with Gasteiger partial charge in [-0.3, -0.25) is 0 Å². The Balaban J connectivity index is 1.68. The molecule has 0 saturated heterocycles. The molecule has 1 aromatic heterocycles. The highest BCUT2D eigenvalue weighted by molar-refractivity contribution is 7.18. The molecular weight excluding hydrogens is 334 g/mol. The Bertz CT molecular complexity index is 943. The van der Waals surface area contributed by atoms with Gasteiger partial charge in [-0.05, 0) is 38.5 Å². The van der Waals surface area contributed by atoms with Gasteiger partial charge in [0, 0.05) is 12.1 Å². The fraction of sp³-hybridized carbons (Fsp3) is 0.250. The van der Waals surface area contributed by atoms with Crippen molar-refractivity contribution in [1.82, 2.24) is 0 Å². The second-order valence-corrected chi connectivity index (χ2v) is 7.06. The lowest BCUT2D eigenvalue weighted by Crippen LogP contribution is -2.33. The van der Waals surface area contributed by atoms with Gasteiger partial charge >= 0.3 is 0 Å². The predicted molar refractivity (Wildman–Crippen MR) is 99.5 cm³/mol. The average molecular weight is 354 g/mol. The van der Waals surface area contributed by atoms with Crippen LogP contribution in [-0.4, -0.2) is 6.79 Å². The summed E-state index contributed by atoms with van der Waals surface area (Å²) in [6.45, 7) is 7.30. The molecule has 0 N–H and O–H groups in total. The Morgan fingerprint density at radius 1 is 1.12 bits per heavy atom. The number of benzene rings is 1. The number of fused-ring (bicyclic) bond motifs is 2. The second kappa shape index (κ2) is 6.41. The molecule has 0 unspecified atom stereocenters. The molecule has 0 atom stereocenters. The first-order valence-electron chi connectivity index (χ1n) is 8.33. The number of allylic oxidation sites excluding steroid dienone is 7. The van der Waals surface area contributed by atoms with E-state index in [0.29, 0.717) is 6.79 Å². The van der Waals surface area contributed by atoms with E-state index in [0.717, 1.165) is 35.1 Å². The van der Waals surface area contributed by atoms with Crippen LogP contribution in [0.2, 0.25) is 0 Å². The Hall–Kier alpha value is -2.53. The van der Waals surface area contributed by atoms with E-state index in [1.165, 1.54) is 15.2 Å². The maximum atomic E-state index is 5.53. The lowest BCUT2D eigenvalue weighted by Gasteiger charge is -2.11. The van der Waals surface area contributed by atoms with Gasteiger partial charge in [-0.15, -0.1) is 0 Å². The maximum Gasteiger partial charge on any atom is 0.262 e. The van der Waals surface area contributed by atoms with Crippen LogP contribution in [0.15, 0.2) is 53.5 Å². The Kier molecular flexibility index (Phi) is 4.09. The number of aromatic nitrogens is 1. The summed E-state index contributed by atoms with van der Waals surface area (Å²) in [6, 6.07) is 4.14. The van der Waals surface area contributed by atoms with Crippen molar-refractivity contribution in [3.8, 4) is 11.5 Å². The van der Waals surface area contributed by atoms with Gasteiger partial charge in [0.25, 0.3) is 5.01 Å². The van der Waals surface area contributed by atoms with E-state index in [4.69, 9.17) is 14.2 Å². The second-order valence-electron chi connectivity index (χ2n) is 6.00. The zero-order chi connectivity index (χ0) is 17.4. The van der Waals surface area contributed by atoms with Crippen molar-refractivity contribution >= 4 is 27.6 Å². The van der Waals surface area contributed by atoms with Gasteiger partial charge in [0.2, 0.25) is 12.3 Å². The van der Waals surface area contributed by atoms with Crippen LogP contribution >= 0.6 is 11.3 Å². The van der Waals surface area contributed by atoms with Crippen LogP contribution in [0.4, 0.5) is 0 Å². The topological polar surface area (TPSA) is 31.6 Å². The molecule has 0 bridgehead atoms. The highest BCUT2D eigenvalue weighted by Crippen LogP contribution is 2.37. The first-order chi connectivity index (χ1) is 12.1. The smallest absolute Gasteiger partial charge is 0.262 e. The lowest BCUT2D eigenvalue weighted by molar-refractivity contribution is -0.665. The van der Waals surface area contributed by atoms with Crippen LogP contribution in [0.5, 0.6) is 11.5 Å². The van der Waals surface area contributed by atoms with Gasteiger partial charge in [0.1, 0.15) is 22.8 Å². The fourth-order valence-corrected chi connectivity index (χ4v) is 4.25. The molecule has 5 heteroatoms. The summed E-state index contributed by atoms with van der Waals surface area (Å²) >= 11 is 1.76. The minimum atomic E-state index is 0.308. The van der Waals surface area contributed by atoms with Crippen LogP contribution in [0.3, 0.4) is 0 Å². The number of hydrogen-bond donors (Lipinski definition) is 0. The van der Waals surface area contributed by atoms with Gasteiger partial charge in [0.15, 0.2) is 11.5 Å². The van der Waals surface area contributed by atoms with Crippen LogP contribution < -0.4 is 14.0 Å². The van der Waals surface area contributed by atoms with Gasteiger partial charge in [-0.2, -0.15) is 4.57 Å². The zero-order valence-electron chi connectivity index (χ0n) is 14.5. The van der Waals surface area contributed by atoms with E-state index >= 15 is 0 Å². The molecule has 0 spiro atoms. The molecule has 3 heterocycles. The van der Waals surface area contributed by atoms with Crippen molar-refractivity contribution in [3.63, 3.8) is 0 Å².